The summed E-state index contributed by atoms with van der Waals surface area (Å²) in [5.74, 6) is 0.624. The van der Waals surface area contributed by atoms with Gasteiger partial charge < -0.3 is 9.47 Å². The Labute approximate surface area is 353 Å². The van der Waals surface area contributed by atoms with Gasteiger partial charge in [0.15, 0.2) is 0 Å². The van der Waals surface area contributed by atoms with E-state index in [4.69, 9.17) is 0 Å². The molecule has 1 aromatic heterocycles. The van der Waals surface area contributed by atoms with E-state index >= 15 is 0 Å². The third kappa shape index (κ3) is 6.44. The smallest absolute Gasteiger partial charge is 0.0541 e. The van der Waals surface area contributed by atoms with Gasteiger partial charge in [0.25, 0.3) is 0 Å². The molecule has 290 valence electrons. The van der Waals surface area contributed by atoms with Crippen LogP contribution < -0.4 is 15.3 Å². The minimum absolute atomic E-state index is 0.624. The van der Waals surface area contributed by atoms with Crippen LogP contribution in [0.15, 0.2) is 194 Å². The van der Waals surface area contributed by atoms with Gasteiger partial charge >= 0.3 is 0 Å². The Balaban J connectivity index is 1.08. The van der Waals surface area contributed by atoms with E-state index in [2.05, 4.69) is 210 Å². The van der Waals surface area contributed by atoms with Crippen molar-refractivity contribution in [2.75, 3.05) is 4.90 Å². The molecule has 0 spiro atoms. The monoisotopic (exact) mass is 772 g/mol. The molecule has 0 bridgehead atoms. The van der Waals surface area contributed by atoms with Crippen molar-refractivity contribution < 1.29 is 0 Å². The van der Waals surface area contributed by atoms with Gasteiger partial charge in [-0.2, -0.15) is 0 Å². The molecule has 11 rings (SSSR count). The maximum absolute atomic E-state index is 2.52. The summed E-state index contributed by atoms with van der Waals surface area (Å²) in [5.41, 5.74) is 16.3. The summed E-state index contributed by atoms with van der Waals surface area (Å²) < 4.78 is 2.38. The number of aromatic nitrogens is 1. The summed E-state index contributed by atoms with van der Waals surface area (Å²) in [6.07, 6.45) is 11.2. The highest BCUT2D eigenvalue weighted by atomic mass is 15.1. The molecule has 0 atom stereocenters. The lowest BCUT2D eigenvalue weighted by molar-refractivity contribution is 0.442. The van der Waals surface area contributed by atoms with Gasteiger partial charge in [-0.3, -0.25) is 0 Å². The van der Waals surface area contributed by atoms with Crippen molar-refractivity contribution in [1.29, 1.82) is 0 Å². The van der Waals surface area contributed by atoms with Crippen molar-refractivity contribution in [2.45, 2.75) is 50.9 Å². The highest BCUT2D eigenvalue weighted by Crippen LogP contribution is 2.45. The molecule has 1 heterocycles. The van der Waals surface area contributed by atoms with Gasteiger partial charge in [-0.05, 0) is 124 Å². The quantitative estimate of drug-likeness (QED) is 0.149. The van der Waals surface area contributed by atoms with Crippen LogP contribution in [0.25, 0.3) is 61.4 Å². The fourth-order valence-corrected chi connectivity index (χ4v) is 10.3. The van der Waals surface area contributed by atoms with Crippen LogP contribution in [0, 0.1) is 0 Å². The number of rotatable bonds is 8. The largest absolute Gasteiger partial charge is 0.309 e. The minimum atomic E-state index is 0.624. The van der Waals surface area contributed by atoms with E-state index in [0.717, 1.165) is 18.5 Å². The fourth-order valence-electron chi connectivity index (χ4n) is 10.3. The molecule has 0 amide bonds. The highest BCUT2D eigenvalue weighted by molar-refractivity contribution is 6.10. The molecule has 2 aliphatic rings. The first-order valence-corrected chi connectivity index (χ1v) is 21.9. The topological polar surface area (TPSA) is 8.17 Å². The minimum Gasteiger partial charge on any atom is -0.309 e. The van der Waals surface area contributed by atoms with Crippen molar-refractivity contribution >= 4 is 50.5 Å². The van der Waals surface area contributed by atoms with Crippen molar-refractivity contribution in [3.8, 4) is 27.9 Å². The summed E-state index contributed by atoms with van der Waals surface area (Å²) in [7, 11) is 0. The van der Waals surface area contributed by atoms with Crippen LogP contribution >= 0.6 is 0 Å². The second-order valence-corrected chi connectivity index (χ2v) is 16.6. The molecule has 2 nitrogen and oxygen atoms in total. The number of para-hydroxylation sites is 4. The van der Waals surface area contributed by atoms with Crippen molar-refractivity contribution in [3.63, 3.8) is 0 Å². The fraction of sp³-hybridized carbons (Fsp3) is 0.138. The number of nitrogens with zero attached hydrogens (tertiary/aromatic N) is 2. The van der Waals surface area contributed by atoms with Gasteiger partial charge in [0.05, 0.1) is 22.4 Å². The predicted octanol–water partition coefficient (Wildman–Crippen LogP) is 14.4. The van der Waals surface area contributed by atoms with Crippen LogP contribution in [0.3, 0.4) is 0 Å². The lowest BCUT2D eigenvalue weighted by Crippen LogP contribution is -2.35. The summed E-state index contributed by atoms with van der Waals surface area (Å²) in [6.45, 7) is 0. The lowest BCUT2D eigenvalue weighted by atomic mass is 9.80. The first-order chi connectivity index (χ1) is 29.8. The average molecular weight is 773 g/mol. The molecule has 0 N–H and O–H groups in total. The first kappa shape index (κ1) is 36.2. The van der Waals surface area contributed by atoms with E-state index in [-0.39, 0.29) is 0 Å². The summed E-state index contributed by atoms with van der Waals surface area (Å²) in [5, 5.41) is 5.41. The van der Waals surface area contributed by atoms with Crippen LogP contribution in [0.2, 0.25) is 0 Å². The molecular weight excluding hydrogens is 725 g/mol. The van der Waals surface area contributed by atoms with Crippen LogP contribution in [0.1, 0.15) is 62.0 Å². The van der Waals surface area contributed by atoms with E-state index in [1.165, 1.54) is 115 Å². The number of hydrogen-bond acceptors (Lipinski definition) is 1. The van der Waals surface area contributed by atoms with Crippen molar-refractivity contribution in [2.24, 2.45) is 0 Å². The summed E-state index contributed by atoms with van der Waals surface area (Å²) >= 11 is 0. The molecule has 1 fully saturated rings. The maximum Gasteiger partial charge on any atom is 0.0541 e. The number of benzene rings is 8. The third-order valence-corrected chi connectivity index (χ3v) is 13.1. The molecule has 1 saturated carbocycles. The molecule has 9 aromatic rings. The second-order valence-electron chi connectivity index (χ2n) is 16.6. The average Bonchev–Trinajstić information content (AvgIpc) is 3.66. The number of anilines is 3. The molecule has 0 saturated heterocycles. The zero-order valence-corrected chi connectivity index (χ0v) is 34.0. The molecular formula is C58H48N2. The van der Waals surface area contributed by atoms with E-state index in [1.54, 1.807) is 5.56 Å². The SMILES string of the molecule is C1=c2cccc(C3CCCCC3)c2=C(c2ccccc2N(c2ccc(-c3ccc4c(c3)c3ccccc3n4-c3ccccc3)cc2)c2ccccc2-c2ccccc2)CC1. The van der Waals surface area contributed by atoms with E-state index < -0.39 is 0 Å². The predicted molar refractivity (Wildman–Crippen MR) is 254 cm³/mol. The summed E-state index contributed by atoms with van der Waals surface area (Å²) in [6, 6.07) is 71.8. The van der Waals surface area contributed by atoms with Crippen LogP contribution in [0.5, 0.6) is 0 Å². The van der Waals surface area contributed by atoms with Crippen LogP contribution in [0.4, 0.5) is 17.1 Å². The maximum atomic E-state index is 2.52. The Morgan fingerprint density at radius 2 is 1.12 bits per heavy atom. The highest BCUT2D eigenvalue weighted by Gasteiger charge is 2.24. The molecule has 60 heavy (non-hydrogen) atoms. The van der Waals surface area contributed by atoms with Crippen LogP contribution in [-0.2, 0) is 0 Å². The van der Waals surface area contributed by atoms with Crippen LogP contribution in [-0.4, -0.2) is 4.57 Å². The molecule has 0 radical (unpaired) electrons. The zero-order valence-electron chi connectivity index (χ0n) is 34.0. The lowest BCUT2D eigenvalue weighted by Gasteiger charge is -2.31. The Kier molecular flexibility index (Phi) is 9.47. The summed E-state index contributed by atoms with van der Waals surface area (Å²) in [4.78, 5) is 2.52. The van der Waals surface area contributed by atoms with Gasteiger partial charge in [-0.25, -0.2) is 0 Å². The van der Waals surface area contributed by atoms with Gasteiger partial charge in [0, 0.05) is 33.3 Å². The van der Waals surface area contributed by atoms with Gasteiger partial charge in [0.2, 0.25) is 0 Å². The first-order valence-electron chi connectivity index (χ1n) is 21.9. The molecule has 0 unspecified atom stereocenters. The Morgan fingerprint density at radius 1 is 0.467 bits per heavy atom. The Morgan fingerprint density at radius 3 is 1.92 bits per heavy atom. The molecule has 2 aliphatic carbocycles. The van der Waals surface area contributed by atoms with E-state index in [9.17, 15) is 0 Å². The molecule has 8 aromatic carbocycles. The second kappa shape index (κ2) is 15.7. The van der Waals surface area contributed by atoms with Gasteiger partial charge in [-0.15, -0.1) is 0 Å². The number of fused-ring (bicyclic) bond motifs is 4. The van der Waals surface area contributed by atoms with Crippen molar-refractivity contribution in [1.82, 2.24) is 4.57 Å². The van der Waals surface area contributed by atoms with Gasteiger partial charge in [-0.1, -0.05) is 165 Å². The standard InChI is InChI=1S/C58H48N2/c1-4-18-42(19-5-1)48-26-10-13-31-54(48)60(55-32-14-11-27-50(55)52-30-17-23-44-22-16-29-49(58(44)52)43-20-6-2-7-21-43)47-37-34-41(35-38-47)45-36-39-57-53(40-45)51-28-12-15-33-56(51)59(57)46-24-8-3-9-25-46/h1,3-5,8-16,18-19,22-29,31-40,43H,2,6-7,17,20-21,30H2. The van der Waals surface area contributed by atoms with E-state index in [0.29, 0.717) is 5.92 Å². The Bertz CT molecular complexity index is 3110. The normalized spacial score (nSPS) is 14.2. The van der Waals surface area contributed by atoms with Crippen molar-refractivity contribution in [3.05, 3.63) is 216 Å². The molecule has 2 heteroatoms. The van der Waals surface area contributed by atoms with Gasteiger partial charge in [0.1, 0.15) is 0 Å². The Hall–Kier alpha value is -6.90. The molecule has 0 aliphatic heterocycles. The zero-order chi connectivity index (χ0) is 39.8. The number of hydrogen-bond donors (Lipinski definition) is 0. The van der Waals surface area contributed by atoms with E-state index in [1.807, 2.05) is 0 Å². The third-order valence-electron chi connectivity index (χ3n) is 13.1.